The molecule has 0 saturated carbocycles. The third-order valence-electron chi connectivity index (χ3n) is 6.49. The van der Waals surface area contributed by atoms with Gasteiger partial charge in [-0.25, -0.2) is 4.79 Å². The number of amides is 2. The Morgan fingerprint density at radius 2 is 1.74 bits per heavy atom. The van der Waals surface area contributed by atoms with Gasteiger partial charge in [0.2, 0.25) is 6.29 Å². The molecule has 218 valence electrons. The molecule has 2 amide bonds. The number of terminal acetylenes is 1. The van der Waals surface area contributed by atoms with Crippen molar-refractivity contribution in [2.75, 3.05) is 31.2 Å². The number of hydrogen-bond donors (Lipinski definition) is 2. The average molecular weight is 567 g/mol. The summed E-state index contributed by atoms with van der Waals surface area (Å²) in [5.74, 6) is 2.51. The molecule has 1 fully saturated rings. The van der Waals surface area contributed by atoms with Crippen molar-refractivity contribution in [2.24, 2.45) is 11.8 Å². The minimum absolute atomic E-state index is 0.0958. The van der Waals surface area contributed by atoms with E-state index < -0.39 is 32.1 Å². The summed E-state index contributed by atoms with van der Waals surface area (Å²) in [6, 6.07) is 6.68. The Labute approximate surface area is 232 Å². The van der Waals surface area contributed by atoms with Crippen LogP contribution in [-0.4, -0.2) is 56.4 Å². The minimum Gasteiger partial charge on any atom is -0.465 e. The van der Waals surface area contributed by atoms with Crippen molar-refractivity contribution in [2.45, 2.75) is 78.8 Å². The van der Waals surface area contributed by atoms with E-state index in [0.29, 0.717) is 30.8 Å². The first-order chi connectivity index (χ1) is 18.6. The zero-order chi connectivity index (χ0) is 28.8. The Balaban J connectivity index is 2.03. The molecule has 0 aromatic heterocycles. The minimum atomic E-state index is -3.31. The zero-order valence-electron chi connectivity index (χ0n) is 23.6. The van der Waals surface area contributed by atoms with E-state index >= 15 is 0 Å². The first-order valence-corrected chi connectivity index (χ1v) is 15.3. The van der Waals surface area contributed by atoms with Gasteiger partial charge in [-0.15, -0.1) is 12.3 Å². The summed E-state index contributed by atoms with van der Waals surface area (Å²) in [5.41, 5.74) is 0.616. The molecule has 5 atom stereocenters. The van der Waals surface area contributed by atoms with Gasteiger partial charge in [0, 0.05) is 37.4 Å². The highest BCUT2D eigenvalue weighted by Crippen LogP contribution is 2.49. The maximum absolute atomic E-state index is 13.0. The number of carbonyl (C=O) groups excluding carboxylic acids is 2. The number of nitrogens with one attached hydrogen (secondary N) is 2. The molecule has 0 spiro atoms. The van der Waals surface area contributed by atoms with E-state index in [1.54, 1.807) is 38.1 Å². The van der Waals surface area contributed by atoms with Crippen LogP contribution in [0.3, 0.4) is 0 Å². The molecule has 0 unspecified atom stereocenters. The van der Waals surface area contributed by atoms with Gasteiger partial charge >= 0.3 is 19.6 Å². The smallest absolute Gasteiger partial charge is 0.330 e. The summed E-state index contributed by atoms with van der Waals surface area (Å²) in [5, 5.41) is 5.58. The Hall–Kier alpha value is -2.57. The van der Waals surface area contributed by atoms with E-state index in [4.69, 9.17) is 29.7 Å². The van der Waals surface area contributed by atoms with Crippen LogP contribution < -0.4 is 15.4 Å². The summed E-state index contributed by atoms with van der Waals surface area (Å²) in [4.78, 5) is 23.9. The molecule has 1 aliphatic rings. The van der Waals surface area contributed by atoms with Crippen molar-refractivity contribution in [3.05, 3.63) is 24.3 Å². The number of hydrogen-bond acceptors (Lipinski definition) is 8. The van der Waals surface area contributed by atoms with Gasteiger partial charge in [0.15, 0.2) is 0 Å². The lowest BCUT2D eigenvalue weighted by Crippen LogP contribution is -2.53. The fraction of sp³-hybridized carbons (Fsp3) is 0.643. The summed E-state index contributed by atoms with van der Waals surface area (Å²) in [6.07, 6.45) is 6.29. The van der Waals surface area contributed by atoms with Crippen LogP contribution in [0.5, 0.6) is 5.75 Å². The van der Waals surface area contributed by atoms with Gasteiger partial charge in [-0.1, -0.05) is 13.8 Å². The highest BCUT2D eigenvalue weighted by atomic mass is 31.2. The van der Waals surface area contributed by atoms with Gasteiger partial charge in [0.1, 0.15) is 11.9 Å². The van der Waals surface area contributed by atoms with E-state index in [0.717, 1.165) is 12.8 Å². The average Bonchev–Trinajstić information content (AvgIpc) is 2.89. The quantitative estimate of drug-likeness (QED) is 0.122. The van der Waals surface area contributed by atoms with Gasteiger partial charge in [-0.05, 0) is 57.4 Å². The van der Waals surface area contributed by atoms with Crippen LogP contribution in [-0.2, 0) is 27.9 Å². The Kier molecular flexibility index (Phi) is 13.8. The number of anilines is 1. The molecule has 0 aliphatic carbocycles. The highest BCUT2D eigenvalue weighted by molar-refractivity contribution is 7.53. The molecule has 10 nitrogen and oxygen atoms in total. The molecule has 1 aromatic carbocycles. The van der Waals surface area contributed by atoms with Crippen molar-refractivity contribution in [3.8, 4) is 18.1 Å². The molecule has 1 saturated heterocycles. The summed E-state index contributed by atoms with van der Waals surface area (Å²) in [7, 11) is -3.31. The van der Waals surface area contributed by atoms with Gasteiger partial charge in [0.25, 0.3) is 0 Å². The van der Waals surface area contributed by atoms with E-state index in [-0.39, 0.29) is 37.2 Å². The normalized spacial score (nSPS) is 22.9. The number of esters is 1. The molecule has 0 bridgehead atoms. The molecule has 1 aliphatic heterocycles. The predicted molar refractivity (Wildman–Crippen MR) is 150 cm³/mol. The van der Waals surface area contributed by atoms with Crippen LogP contribution in [0.15, 0.2) is 24.3 Å². The third kappa shape index (κ3) is 10.8. The first kappa shape index (κ1) is 32.6. The lowest BCUT2D eigenvalue weighted by Gasteiger charge is -2.44. The maximum Gasteiger partial charge on any atom is 0.330 e. The van der Waals surface area contributed by atoms with Crippen LogP contribution in [0.4, 0.5) is 10.5 Å². The molecule has 1 heterocycles. The molecule has 39 heavy (non-hydrogen) atoms. The predicted octanol–water partition coefficient (Wildman–Crippen LogP) is 5.58. The van der Waals surface area contributed by atoms with Gasteiger partial charge in [-0.3, -0.25) is 9.36 Å². The monoisotopic (exact) mass is 566 g/mol. The molecular formula is C28H43N2O8P. The standard InChI is InChI=1S/C28H43N2O8P/c1-7-10-11-12-18-29-28(32)30-23-13-15-24(16-14-23)37-27-21(5)20(4)26(36-22(6)31)25(38-27)17-19-39(33,34-8-2)35-9-3/h1,13-16,20-21,25-27H,8-12,17-19H2,2-6H3,(H2,29,30,32)/t20-,21+,25-,26+,27+/m1/s1. The lowest BCUT2D eigenvalue weighted by atomic mass is 9.83. The second kappa shape index (κ2) is 16.5. The Morgan fingerprint density at radius 3 is 2.33 bits per heavy atom. The van der Waals surface area contributed by atoms with Crippen LogP contribution in [0, 0.1) is 24.2 Å². The second-order valence-corrected chi connectivity index (χ2v) is 11.7. The van der Waals surface area contributed by atoms with Crippen LogP contribution in [0.1, 0.15) is 60.3 Å². The fourth-order valence-corrected chi connectivity index (χ4v) is 6.02. The number of rotatable bonds is 15. The van der Waals surface area contributed by atoms with E-state index in [1.807, 2.05) is 13.8 Å². The van der Waals surface area contributed by atoms with Crippen LogP contribution in [0.2, 0.25) is 0 Å². The topological polar surface area (TPSA) is 121 Å². The zero-order valence-corrected chi connectivity index (χ0v) is 24.5. The van der Waals surface area contributed by atoms with Crippen molar-refractivity contribution in [1.82, 2.24) is 5.32 Å². The maximum atomic E-state index is 13.0. The SMILES string of the molecule is C#CCCCCNC(=O)Nc1ccc(O[C@H]2O[C@H](CCP(=O)(OCC)OCC)[C@@H](OC(C)=O)[C@H](C)[C@@H]2C)cc1. The molecule has 1 aromatic rings. The Morgan fingerprint density at radius 1 is 1.08 bits per heavy atom. The van der Waals surface area contributed by atoms with E-state index in [1.165, 1.54) is 6.92 Å². The summed E-state index contributed by atoms with van der Waals surface area (Å²) < 4.78 is 42.0. The van der Waals surface area contributed by atoms with Gasteiger partial charge < -0.3 is 33.9 Å². The van der Waals surface area contributed by atoms with Crippen molar-refractivity contribution in [3.63, 3.8) is 0 Å². The molecule has 2 N–H and O–H groups in total. The number of benzene rings is 1. The van der Waals surface area contributed by atoms with Crippen molar-refractivity contribution < 1.29 is 37.4 Å². The first-order valence-electron chi connectivity index (χ1n) is 13.6. The van der Waals surface area contributed by atoms with Crippen LogP contribution in [0.25, 0.3) is 0 Å². The molecule has 11 heteroatoms. The van der Waals surface area contributed by atoms with Crippen molar-refractivity contribution in [1.29, 1.82) is 0 Å². The number of ether oxygens (including phenoxy) is 3. The number of urea groups is 1. The Bertz CT molecular complexity index is 986. The molecular weight excluding hydrogens is 523 g/mol. The second-order valence-electron chi connectivity index (χ2n) is 9.48. The summed E-state index contributed by atoms with van der Waals surface area (Å²) >= 11 is 0. The van der Waals surface area contributed by atoms with Crippen molar-refractivity contribution >= 4 is 25.3 Å². The highest BCUT2D eigenvalue weighted by Gasteiger charge is 2.45. The van der Waals surface area contributed by atoms with E-state index in [2.05, 4.69) is 16.6 Å². The largest absolute Gasteiger partial charge is 0.465 e. The molecule has 0 radical (unpaired) electrons. The number of carbonyl (C=O) groups is 2. The third-order valence-corrected chi connectivity index (χ3v) is 8.60. The lowest BCUT2D eigenvalue weighted by molar-refractivity contribution is -0.239. The van der Waals surface area contributed by atoms with Gasteiger partial charge in [0.05, 0.1) is 25.5 Å². The fourth-order valence-electron chi connectivity index (χ4n) is 4.33. The van der Waals surface area contributed by atoms with E-state index in [9.17, 15) is 14.2 Å². The number of unbranched alkanes of at least 4 members (excludes halogenated alkanes) is 2. The van der Waals surface area contributed by atoms with Crippen LogP contribution >= 0.6 is 7.60 Å². The molecule has 2 rings (SSSR count). The van der Waals surface area contributed by atoms with Gasteiger partial charge in [-0.2, -0.15) is 0 Å². The summed E-state index contributed by atoms with van der Waals surface area (Å²) in [6.45, 7) is 9.89.